The van der Waals surface area contributed by atoms with Crippen LogP contribution in [0.1, 0.15) is 31.2 Å². The second-order valence-electron chi connectivity index (χ2n) is 5.51. The average Bonchev–Trinajstić information content (AvgIpc) is 2.93. The summed E-state index contributed by atoms with van der Waals surface area (Å²) in [5, 5.41) is 11.1. The predicted octanol–water partition coefficient (Wildman–Crippen LogP) is 3.24. The van der Waals surface area contributed by atoms with Gasteiger partial charge in [-0.25, -0.2) is 0 Å². The molecular formula is C15H26IN3OS. The minimum Gasteiger partial charge on any atom is -0.385 e. The molecule has 0 unspecified atom stereocenters. The summed E-state index contributed by atoms with van der Waals surface area (Å²) < 4.78 is 5.23. The van der Waals surface area contributed by atoms with Gasteiger partial charge in [-0.2, -0.15) is 11.3 Å². The van der Waals surface area contributed by atoms with Crippen molar-refractivity contribution in [2.24, 2.45) is 10.4 Å². The van der Waals surface area contributed by atoms with Crippen LogP contribution in [-0.2, 0) is 11.3 Å². The SMILES string of the molecule is CN=C(NCc1ccsc1)NCC1(CCOC)CCC1.I. The van der Waals surface area contributed by atoms with Gasteiger partial charge < -0.3 is 15.4 Å². The molecule has 0 aromatic carbocycles. The molecule has 2 N–H and O–H groups in total. The Labute approximate surface area is 148 Å². The maximum absolute atomic E-state index is 5.23. The van der Waals surface area contributed by atoms with E-state index in [4.69, 9.17) is 4.74 Å². The number of hydrogen-bond acceptors (Lipinski definition) is 3. The topological polar surface area (TPSA) is 45.7 Å². The van der Waals surface area contributed by atoms with Crippen LogP contribution in [-0.4, -0.2) is 33.3 Å². The summed E-state index contributed by atoms with van der Waals surface area (Å²) >= 11 is 1.72. The lowest BCUT2D eigenvalue weighted by molar-refractivity contribution is 0.0732. The molecule has 1 saturated carbocycles. The fourth-order valence-corrected chi connectivity index (χ4v) is 3.25. The molecule has 0 bridgehead atoms. The fraction of sp³-hybridized carbons (Fsp3) is 0.667. The summed E-state index contributed by atoms with van der Waals surface area (Å²) in [6, 6.07) is 2.14. The minimum atomic E-state index is 0. The lowest BCUT2D eigenvalue weighted by atomic mass is 9.67. The quantitative estimate of drug-likeness (QED) is 0.402. The summed E-state index contributed by atoms with van der Waals surface area (Å²) in [5.41, 5.74) is 1.71. The molecule has 21 heavy (non-hydrogen) atoms. The Morgan fingerprint density at radius 3 is 2.76 bits per heavy atom. The second-order valence-corrected chi connectivity index (χ2v) is 6.29. The Kier molecular flexibility index (Phi) is 8.58. The highest BCUT2D eigenvalue weighted by Crippen LogP contribution is 2.43. The van der Waals surface area contributed by atoms with E-state index in [9.17, 15) is 0 Å². The average molecular weight is 423 g/mol. The molecule has 0 saturated heterocycles. The fourth-order valence-electron chi connectivity index (χ4n) is 2.58. The molecule has 0 spiro atoms. The van der Waals surface area contributed by atoms with Crippen LogP contribution in [0.4, 0.5) is 0 Å². The standard InChI is InChI=1S/C15H25N3OS.HI/c1-16-14(17-10-13-4-9-20-11-13)18-12-15(5-3-6-15)7-8-19-2;/h4,9,11H,3,5-8,10,12H2,1-2H3,(H2,16,17,18);1H. The number of nitrogens with zero attached hydrogens (tertiary/aromatic N) is 1. The Hall–Kier alpha value is -0.340. The van der Waals surface area contributed by atoms with E-state index in [2.05, 4.69) is 32.5 Å². The van der Waals surface area contributed by atoms with E-state index >= 15 is 0 Å². The molecule has 1 aromatic heterocycles. The molecule has 120 valence electrons. The third kappa shape index (κ3) is 5.75. The van der Waals surface area contributed by atoms with Crippen LogP contribution in [0.15, 0.2) is 21.8 Å². The molecule has 2 rings (SSSR count). The van der Waals surface area contributed by atoms with Gasteiger partial charge in [-0.1, -0.05) is 6.42 Å². The van der Waals surface area contributed by atoms with Gasteiger partial charge in [0.2, 0.25) is 0 Å². The van der Waals surface area contributed by atoms with Gasteiger partial charge in [-0.05, 0) is 47.1 Å². The smallest absolute Gasteiger partial charge is 0.191 e. The van der Waals surface area contributed by atoms with E-state index in [1.54, 1.807) is 18.4 Å². The van der Waals surface area contributed by atoms with Crippen molar-refractivity contribution >= 4 is 41.3 Å². The number of aliphatic imine (C=N–C) groups is 1. The molecule has 0 amide bonds. The van der Waals surface area contributed by atoms with Crippen molar-refractivity contribution in [3.8, 4) is 0 Å². The molecule has 6 heteroatoms. The van der Waals surface area contributed by atoms with Crippen molar-refractivity contribution in [2.75, 3.05) is 27.3 Å². The van der Waals surface area contributed by atoms with Gasteiger partial charge >= 0.3 is 0 Å². The second kappa shape index (κ2) is 9.63. The largest absolute Gasteiger partial charge is 0.385 e. The van der Waals surface area contributed by atoms with Crippen LogP contribution in [0.3, 0.4) is 0 Å². The van der Waals surface area contributed by atoms with Gasteiger partial charge in [-0.15, -0.1) is 24.0 Å². The highest BCUT2D eigenvalue weighted by atomic mass is 127. The number of nitrogens with one attached hydrogen (secondary N) is 2. The van der Waals surface area contributed by atoms with Crippen LogP contribution in [0, 0.1) is 5.41 Å². The Morgan fingerprint density at radius 1 is 1.43 bits per heavy atom. The molecule has 0 radical (unpaired) electrons. The van der Waals surface area contributed by atoms with E-state index in [-0.39, 0.29) is 24.0 Å². The summed E-state index contributed by atoms with van der Waals surface area (Å²) in [6.07, 6.45) is 5.07. The Balaban J connectivity index is 0.00000220. The van der Waals surface area contributed by atoms with E-state index in [1.807, 2.05) is 7.05 Å². The summed E-state index contributed by atoms with van der Waals surface area (Å²) in [4.78, 5) is 4.30. The van der Waals surface area contributed by atoms with Crippen LogP contribution in [0.2, 0.25) is 0 Å². The lowest BCUT2D eigenvalue weighted by Gasteiger charge is -2.42. The van der Waals surface area contributed by atoms with Gasteiger partial charge in [0, 0.05) is 33.9 Å². The number of rotatable bonds is 7. The lowest BCUT2D eigenvalue weighted by Crippen LogP contribution is -2.46. The van der Waals surface area contributed by atoms with E-state index in [1.165, 1.54) is 24.8 Å². The first-order valence-corrected chi connectivity index (χ1v) is 8.17. The maximum atomic E-state index is 5.23. The predicted molar refractivity (Wildman–Crippen MR) is 101 cm³/mol. The van der Waals surface area contributed by atoms with Crippen molar-refractivity contribution < 1.29 is 4.74 Å². The monoisotopic (exact) mass is 423 g/mol. The maximum Gasteiger partial charge on any atom is 0.191 e. The molecular weight excluding hydrogens is 397 g/mol. The van der Waals surface area contributed by atoms with Gasteiger partial charge in [0.05, 0.1) is 0 Å². The van der Waals surface area contributed by atoms with Gasteiger partial charge in [0.1, 0.15) is 0 Å². The number of guanidine groups is 1. The number of hydrogen-bond donors (Lipinski definition) is 2. The number of ether oxygens (including phenoxy) is 1. The molecule has 1 heterocycles. The molecule has 1 aromatic rings. The van der Waals surface area contributed by atoms with E-state index < -0.39 is 0 Å². The first-order chi connectivity index (χ1) is 9.78. The van der Waals surface area contributed by atoms with E-state index in [0.717, 1.165) is 32.1 Å². The third-order valence-corrected chi connectivity index (χ3v) is 4.88. The Bertz CT molecular complexity index is 419. The minimum absolute atomic E-state index is 0. The number of thiophene rings is 1. The summed E-state index contributed by atoms with van der Waals surface area (Å²) in [6.45, 7) is 2.66. The molecule has 0 atom stereocenters. The van der Waals surface area contributed by atoms with Gasteiger partial charge in [-0.3, -0.25) is 4.99 Å². The molecule has 4 nitrogen and oxygen atoms in total. The van der Waals surface area contributed by atoms with Crippen molar-refractivity contribution in [2.45, 2.75) is 32.2 Å². The third-order valence-electron chi connectivity index (χ3n) is 4.15. The summed E-state index contributed by atoms with van der Waals surface area (Å²) in [7, 11) is 3.60. The molecule has 1 aliphatic rings. The van der Waals surface area contributed by atoms with Crippen molar-refractivity contribution in [3.05, 3.63) is 22.4 Å². The Morgan fingerprint density at radius 2 is 2.24 bits per heavy atom. The van der Waals surface area contributed by atoms with Crippen LogP contribution in [0.5, 0.6) is 0 Å². The molecule has 1 aliphatic carbocycles. The van der Waals surface area contributed by atoms with Gasteiger partial charge in [0.15, 0.2) is 5.96 Å². The molecule has 1 fully saturated rings. The van der Waals surface area contributed by atoms with Crippen LogP contribution >= 0.6 is 35.3 Å². The highest BCUT2D eigenvalue weighted by molar-refractivity contribution is 14.0. The summed E-state index contributed by atoms with van der Waals surface area (Å²) in [5.74, 6) is 0.889. The first-order valence-electron chi connectivity index (χ1n) is 7.22. The normalized spacial score (nSPS) is 16.8. The van der Waals surface area contributed by atoms with Crippen LogP contribution in [0.25, 0.3) is 0 Å². The number of methoxy groups -OCH3 is 1. The van der Waals surface area contributed by atoms with Crippen molar-refractivity contribution in [1.82, 2.24) is 10.6 Å². The zero-order valence-corrected chi connectivity index (χ0v) is 16.0. The highest BCUT2D eigenvalue weighted by Gasteiger charge is 2.36. The molecule has 0 aliphatic heterocycles. The zero-order chi connectivity index (χ0) is 14.3. The zero-order valence-electron chi connectivity index (χ0n) is 12.9. The van der Waals surface area contributed by atoms with Crippen LogP contribution < -0.4 is 10.6 Å². The van der Waals surface area contributed by atoms with Crippen molar-refractivity contribution in [1.29, 1.82) is 0 Å². The van der Waals surface area contributed by atoms with Gasteiger partial charge in [0.25, 0.3) is 0 Å². The first kappa shape index (κ1) is 18.7. The van der Waals surface area contributed by atoms with E-state index in [0.29, 0.717) is 5.41 Å². The number of halogens is 1. The van der Waals surface area contributed by atoms with Crippen molar-refractivity contribution in [3.63, 3.8) is 0 Å².